The van der Waals surface area contributed by atoms with E-state index in [0.29, 0.717) is 62.4 Å². The largest absolute Gasteiger partial charge is 0.488 e. The fourth-order valence-electron chi connectivity index (χ4n) is 4.50. The van der Waals surface area contributed by atoms with E-state index < -0.39 is 23.3 Å². The summed E-state index contributed by atoms with van der Waals surface area (Å²) in [5.74, 6) is -0.282. The lowest BCUT2D eigenvalue weighted by molar-refractivity contribution is 0.130. The molecule has 2 heterocycles. The zero-order valence-corrected chi connectivity index (χ0v) is 18.4. The van der Waals surface area contributed by atoms with Crippen LogP contribution in [0, 0.1) is 17.6 Å². The van der Waals surface area contributed by atoms with Crippen LogP contribution in [0.2, 0.25) is 0 Å². The molecular formula is C23H29F2N5O3. The number of nitrogens with one attached hydrogen (secondary N) is 2. The van der Waals surface area contributed by atoms with Gasteiger partial charge in [-0.3, -0.25) is 4.90 Å². The number of ether oxygens (including phenoxy) is 2. The molecule has 1 saturated carbocycles. The number of fused-ring (bicyclic) bond motifs is 1. The molecule has 2 aliphatic heterocycles. The van der Waals surface area contributed by atoms with Crippen molar-refractivity contribution in [2.75, 3.05) is 32.8 Å². The second-order valence-corrected chi connectivity index (χ2v) is 9.38. The second-order valence-electron chi connectivity index (χ2n) is 9.38. The third-order valence-electron chi connectivity index (χ3n) is 6.68. The van der Waals surface area contributed by atoms with Crippen LogP contribution < -0.4 is 21.1 Å². The Balaban J connectivity index is 1.08. The number of hydrogen-bond acceptors (Lipinski definition) is 7. The third kappa shape index (κ3) is 4.81. The number of benzene rings is 1. The van der Waals surface area contributed by atoms with Gasteiger partial charge in [-0.1, -0.05) is 0 Å². The highest BCUT2D eigenvalue weighted by Crippen LogP contribution is 2.37. The van der Waals surface area contributed by atoms with E-state index in [1.807, 2.05) is 0 Å². The lowest BCUT2D eigenvalue weighted by atomic mass is 10.1. The number of aliphatic imine (C=N–C) groups is 1. The van der Waals surface area contributed by atoms with E-state index in [1.165, 1.54) is 4.90 Å². The van der Waals surface area contributed by atoms with E-state index in [9.17, 15) is 13.6 Å². The lowest BCUT2D eigenvalue weighted by Crippen LogP contribution is -2.30. The first-order valence-corrected chi connectivity index (χ1v) is 11.5. The highest BCUT2D eigenvalue weighted by molar-refractivity contribution is 5.73. The molecule has 5 rings (SSSR count). The van der Waals surface area contributed by atoms with E-state index in [4.69, 9.17) is 15.2 Å². The summed E-state index contributed by atoms with van der Waals surface area (Å²) in [5, 5.41) is 6.37. The molecular weight excluding hydrogens is 432 g/mol. The van der Waals surface area contributed by atoms with Crippen LogP contribution in [0.4, 0.5) is 13.6 Å². The average Bonchev–Trinajstić information content (AvgIpc) is 3.21. The molecule has 0 bridgehead atoms. The van der Waals surface area contributed by atoms with Gasteiger partial charge in [-0.15, -0.1) is 0 Å². The number of cyclic esters (lactones) is 1. The van der Waals surface area contributed by atoms with E-state index in [0.717, 1.165) is 18.9 Å². The van der Waals surface area contributed by atoms with Crippen molar-refractivity contribution in [3.05, 3.63) is 40.8 Å². The number of carbonyl (C=O) groups excluding carboxylic acids is 1. The number of nitrogens with zero attached hydrogens (tertiary/aromatic N) is 2. The van der Waals surface area contributed by atoms with Crippen molar-refractivity contribution in [3.63, 3.8) is 0 Å². The summed E-state index contributed by atoms with van der Waals surface area (Å²) in [6.07, 6.45) is 6.06. The van der Waals surface area contributed by atoms with Crippen molar-refractivity contribution in [1.29, 1.82) is 0 Å². The zero-order chi connectivity index (χ0) is 23.0. The van der Waals surface area contributed by atoms with E-state index in [2.05, 4.69) is 15.6 Å². The van der Waals surface area contributed by atoms with Gasteiger partial charge in [-0.05, 0) is 62.2 Å². The van der Waals surface area contributed by atoms with Crippen LogP contribution in [0.15, 0.2) is 23.1 Å². The molecule has 1 amide bonds. The van der Waals surface area contributed by atoms with Gasteiger partial charge in [0.05, 0.1) is 12.1 Å². The summed E-state index contributed by atoms with van der Waals surface area (Å²) in [5.41, 5.74) is 6.45. The topological polar surface area (TPSA) is 101 Å². The minimum atomic E-state index is -0.467. The number of halogens is 2. The summed E-state index contributed by atoms with van der Waals surface area (Å²) in [6.45, 7) is 2.55. The Bertz CT molecular complexity index is 995. The van der Waals surface area contributed by atoms with Crippen LogP contribution in [0.3, 0.4) is 0 Å². The predicted molar refractivity (Wildman–Crippen MR) is 118 cm³/mol. The first-order valence-electron chi connectivity index (χ1n) is 11.5. The van der Waals surface area contributed by atoms with Crippen LogP contribution in [0.5, 0.6) is 5.75 Å². The normalized spacial score (nSPS) is 24.9. The Kier molecular flexibility index (Phi) is 5.96. The van der Waals surface area contributed by atoms with Gasteiger partial charge in [0.15, 0.2) is 17.4 Å². The molecule has 178 valence electrons. The number of rotatable bonds is 9. The van der Waals surface area contributed by atoms with Crippen molar-refractivity contribution >= 4 is 12.3 Å². The minimum absolute atomic E-state index is 0.0446. The third-order valence-corrected chi connectivity index (χ3v) is 6.68. The summed E-state index contributed by atoms with van der Waals surface area (Å²) < 4.78 is 40.4. The van der Waals surface area contributed by atoms with Crippen LogP contribution in [-0.2, 0) is 17.6 Å². The van der Waals surface area contributed by atoms with Crippen LogP contribution in [0.1, 0.15) is 30.4 Å². The second kappa shape index (κ2) is 8.90. The molecule has 0 spiro atoms. The Hall–Kier alpha value is -2.72. The van der Waals surface area contributed by atoms with Crippen molar-refractivity contribution in [3.8, 4) is 5.75 Å². The molecule has 1 saturated heterocycles. The summed E-state index contributed by atoms with van der Waals surface area (Å²) >= 11 is 0. The number of hydrogen-bond donors (Lipinski definition) is 3. The molecule has 0 radical (unpaired) electrons. The van der Waals surface area contributed by atoms with Crippen molar-refractivity contribution in [2.24, 2.45) is 16.6 Å². The van der Waals surface area contributed by atoms with E-state index in [1.54, 1.807) is 12.4 Å². The number of nitrogens with two attached hydrogens (primary N) is 1. The number of amides is 1. The van der Waals surface area contributed by atoms with Gasteiger partial charge < -0.3 is 25.8 Å². The highest BCUT2D eigenvalue weighted by Gasteiger charge is 2.40. The average molecular weight is 462 g/mol. The molecule has 2 atom stereocenters. The molecule has 1 aromatic rings. The van der Waals surface area contributed by atoms with Gasteiger partial charge in [0, 0.05) is 25.0 Å². The summed E-state index contributed by atoms with van der Waals surface area (Å²) in [6, 6.07) is 1.15. The van der Waals surface area contributed by atoms with Gasteiger partial charge in [-0.25, -0.2) is 18.6 Å². The van der Waals surface area contributed by atoms with Crippen molar-refractivity contribution < 1.29 is 23.0 Å². The zero-order valence-electron chi connectivity index (χ0n) is 18.4. The first kappa shape index (κ1) is 22.1. The molecule has 10 heteroatoms. The quantitative estimate of drug-likeness (QED) is 0.485. The first-order chi connectivity index (χ1) is 15.9. The molecule has 33 heavy (non-hydrogen) atoms. The standard InChI is InChI=1S/C23H29F2N5O3/c24-18-9-19(32-13-23(26)2-3-23)21(25)17-8-14(7-16(17)18)10-27-4-1-15-12-30(22(31)33-15)20-11-28-5-6-29-20/h6,9,11,14-15,27-28H,1-5,7-8,10,12-13,26H2. The Labute approximate surface area is 191 Å². The SMILES string of the molecule is NC1(COc2cc(F)c3c(c2F)CC(CNCCC2CN(C4=CNCC=N4)C(=O)O2)C3)CC1. The monoisotopic (exact) mass is 461 g/mol. The van der Waals surface area contributed by atoms with Crippen LogP contribution in [0.25, 0.3) is 0 Å². The maximum absolute atomic E-state index is 14.9. The van der Waals surface area contributed by atoms with Gasteiger partial charge in [-0.2, -0.15) is 0 Å². The molecule has 8 nitrogen and oxygen atoms in total. The molecule has 4 aliphatic rings. The minimum Gasteiger partial charge on any atom is -0.488 e. The Morgan fingerprint density at radius 2 is 2.15 bits per heavy atom. The molecule has 2 aliphatic carbocycles. The Morgan fingerprint density at radius 3 is 2.91 bits per heavy atom. The maximum atomic E-state index is 14.9. The molecule has 0 aromatic heterocycles. The van der Waals surface area contributed by atoms with Gasteiger partial charge in [0.2, 0.25) is 0 Å². The molecule has 4 N–H and O–H groups in total. The van der Waals surface area contributed by atoms with Gasteiger partial charge >= 0.3 is 6.09 Å². The predicted octanol–water partition coefficient (Wildman–Crippen LogP) is 1.82. The lowest BCUT2D eigenvalue weighted by Gasteiger charge is -2.16. The van der Waals surface area contributed by atoms with E-state index >= 15 is 0 Å². The summed E-state index contributed by atoms with van der Waals surface area (Å²) in [4.78, 5) is 17.8. The molecule has 1 aromatic carbocycles. The summed E-state index contributed by atoms with van der Waals surface area (Å²) in [7, 11) is 0. The Morgan fingerprint density at radius 1 is 1.33 bits per heavy atom. The maximum Gasteiger partial charge on any atom is 0.415 e. The highest BCUT2D eigenvalue weighted by atomic mass is 19.1. The fourth-order valence-corrected chi connectivity index (χ4v) is 4.50. The van der Waals surface area contributed by atoms with Gasteiger partial charge in [0.25, 0.3) is 0 Å². The van der Waals surface area contributed by atoms with Crippen molar-refractivity contribution in [2.45, 2.75) is 43.7 Å². The number of carbonyl (C=O) groups is 1. The van der Waals surface area contributed by atoms with Crippen molar-refractivity contribution in [1.82, 2.24) is 15.5 Å². The van der Waals surface area contributed by atoms with E-state index in [-0.39, 0.29) is 24.4 Å². The van der Waals surface area contributed by atoms with Crippen LogP contribution in [-0.4, -0.2) is 61.6 Å². The van der Waals surface area contributed by atoms with Crippen LogP contribution >= 0.6 is 0 Å². The molecule has 2 unspecified atom stereocenters. The van der Waals surface area contributed by atoms with Gasteiger partial charge in [0.1, 0.15) is 18.5 Å². The fraction of sp³-hybridized carbons (Fsp3) is 0.565. The smallest absolute Gasteiger partial charge is 0.415 e. The molecule has 2 fully saturated rings.